The van der Waals surface area contributed by atoms with E-state index in [0.717, 1.165) is 42.7 Å². The van der Waals surface area contributed by atoms with E-state index in [4.69, 9.17) is 0 Å². The number of hydrogen-bond donors (Lipinski definition) is 2. The van der Waals surface area contributed by atoms with Crippen LogP contribution in [0.4, 0.5) is 5.69 Å². The Morgan fingerprint density at radius 1 is 0.684 bits per heavy atom. The third-order valence-electron chi connectivity index (χ3n) is 7.10. The minimum Gasteiger partial charge on any atom is -0.393 e. The molecule has 38 heavy (non-hydrogen) atoms. The van der Waals surface area contributed by atoms with E-state index in [0.29, 0.717) is 22.3 Å². The van der Waals surface area contributed by atoms with E-state index in [1.54, 1.807) is 42.7 Å². The molecule has 0 saturated carbocycles. The molecule has 0 radical (unpaired) electrons. The van der Waals surface area contributed by atoms with Crippen LogP contribution >= 0.6 is 0 Å². The molecule has 2 N–H and O–H groups in total. The van der Waals surface area contributed by atoms with Crippen molar-refractivity contribution in [3.8, 4) is 0 Å². The fourth-order valence-corrected chi connectivity index (χ4v) is 4.77. The third kappa shape index (κ3) is 5.98. The minimum absolute atomic E-state index is 0.0224. The molecule has 0 spiro atoms. The Bertz CT molecular complexity index is 1400. The van der Waals surface area contributed by atoms with Gasteiger partial charge in [0, 0.05) is 66.3 Å². The van der Waals surface area contributed by atoms with Crippen LogP contribution in [-0.4, -0.2) is 46.6 Å². The van der Waals surface area contributed by atoms with Gasteiger partial charge in [-0.2, -0.15) is 0 Å². The molecule has 192 valence electrons. The normalized spacial score (nSPS) is 13.9. The molecule has 1 aromatic heterocycles. The second-order valence-electron chi connectivity index (χ2n) is 9.79. The van der Waals surface area contributed by atoms with Crippen molar-refractivity contribution in [1.82, 2.24) is 4.98 Å². The quantitative estimate of drug-likeness (QED) is 0.310. The van der Waals surface area contributed by atoms with Crippen molar-refractivity contribution in [3.05, 3.63) is 125 Å². The highest BCUT2D eigenvalue weighted by atomic mass is 16.3. The van der Waals surface area contributed by atoms with E-state index in [9.17, 15) is 19.5 Å². The maximum absolute atomic E-state index is 12.9. The van der Waals surface area contributed by atoms with Crippen LogP contribution < -0.4 is 4.90 Å². The number of benzene rings is 3. The van der Waals surface area contributed by atoms with Crippen LogP contribution in [0.2, 0.25) is 0 Å². The zero-order chi connectivity index (χ0) is 26.5. The highest BCUT2D eigenvalue weighted by molar-refractivity contribution is 6.09. The molecule has 0 amide bonds. The second kappa shape index (κ2) is 11.4. The first-order chi connectivity index (χ1) is 18.5. The summed E-state index contributed by atoms with van der Waals surface area (Å²) in [5.74, 6) is -0.0594. The molecule has 6 heteroatoms. The van der Waals surface area contributed by atoms with Gasteiger partial charge >= 0.3 is 0 Å². The maximum atomic E-state index is 12.9. The van der Waals surface area contributed by atoms with Crippen LogP contribution in [0.1, 0.15) is 60.6 Å². The number of aromatic nitrogens is 1. The summed E-state index contributed by atoms with van der Waals surface area (Å²) in [7, 11) is 0. The molecule has 2 heterocycles. The molecule has 4 aromatic rings. The summed E-state index contributed by atoms with van der Waals surface area (Å²) in [6.07, 6.45) is 5.24. The van der Waals surface area contributed by atoms with E-state index in [2.05, 4.69) is 9.88 Å². The monoisotopic (exact) mass is 506 g/mol. The van der Waals surface area contributed by atoms with Gasteiger partial charge in [-0.15, -0.1) is 0 Å². The zero-order valence-corrected chi connectivity index (χ0v) is 21.1. The number of H-pyrrole nitrogens is 1. The van der Waals surface area contributed by atoms with Gasteiger partial charge in [0.2, 0.25) is 0 Å². The zero-order valence-electron chi connectivity index (χ0n) is 21.1. The summed E-state index contributed by atoms with van der Waals surface area (Å²) < 4.78 is 0. The molecule has 1 fully saturated rings. The Morgan fingerprint density at radius 2 is 1.18 bits per heavy atom. The third-order valence-corrected chi connectivity index (χ3v) is 7.10. The van der Waals surface area contributed by atoms with E-state index in [1.165, 1.54) is 0 Å². The fraction of sp³-hybridized carbons (Fsp3) is 0.219. The van der Waals surface area contributed by atoms with Gasteiger partial charge in [0.15, 0.2) is 17.3 Å². The summed E-state index contributed by atoms with van der Waals surface area (Å²) in [6.45, 7) is 1.63. The Kier molecular flexibility index (Phi) is 7.61. The number of nitrogens with one attached hydrogen (secondary N) is 1. The summed E-state index contributed by atoms with van der Waals surface area (Å²) in [5, 5.41) is 9.70. The number of rotatable bonds is 9. The Balaban J connectivity index is 1.17. The number of nitrogens with zero attached hydrogens (tertiary/aromatic N) is 1. The van der Waals surface area contributed by atoms with Crippen LogP contribution in [0.25, 0.3) is 0 Å². The van der Waals surface area contributed by atoms with E-state index in [1.807, 2.05) is 48.5 Å². The summed E-state index contributed by atoms with van der Waals surface area (Å²) in [4.78, 5) is 43.2. The molecule has 0 bridgehead atoms. The summed E-state index contributed by atoms with van der Waals surface area (Å²) in [6, 6.07) is 23.7. The molecule has 6 nitrogen and oxygen atoms in total. The molecular formula is C32H30N2O4. The molecular weight excluding hydrogens is 476 g/mol. The number of aliphatic hydroxyl groups excluding tert-OH is 1. The van der Waals surface area contributed by atoms with Crippen LogP contribution in [0.3, 0.4) is 0 Å². The highest BCUT2D eigenvalue weighted by Crippen LogP contribution is 2.21. The van der Waals surface area contributed by atoms with Gasteiger partial charge in [-0.1, -0.05) is 48.5 Å². The van der Waals surface area contributed by atoms with Gasteiger partial charge < -0.3 is 15.0 Å². The van der Waals surface area contributed by atoms with Crippen LogP contribution in [0.15, 0.2) is 91.3 Å². The molecule has 1 saturated heterocycles. The average Bonchev–Trinajstić information content (AvgIpc) is 3.50. The van der Waals surface area contributed by atoms with Crippen molar-refractivity contribution < 1.29 is 19.5 Å². The number of hydrogen-bond acceptors (Lipinski definition) is 5. The van der Waals surface area contributed by atoms with E-state index >= 15 is 0 Å². The van der Waals surface area contributed by atoms with Gasteiger partial charge in [-0.05, 0) is 54.3 Å². The fourth-order valence-electron chi connectivity index (χ4n) is 4.77. The highest BCUT2D eigenvalue weighted by Gasteiger charge is 2.18. The SMILES string of the molecule is O=C(Cc1ccc(C(=O)c2ccc(CC(=O)c3cc[nH]c3)cc2)cc1)c1ccc(N2CCC(O)CC2)cc1. The summed E-state index contributed by atoms with van der Waals surface area (Å²) in [5.41, 5.74) is 5.16. The molecule has 0 atom stereocenters. The van der Waals surface area contributed by atoms with E-state index < -0.39 is 0 Å². The first kappa shape index (κ1) is 25.4. The van der Waals surface area contributed by atoms with Crippen LogP contribution in [0.5, 0.6) is 0 Å². The number of aliphatic hydroxyl groups is 1. The number of piperidine rings is 1. The number of aromatic amines is 1. The van der Waals surface area contributed by atoms with Gasteiger partial charge in [0.05, 0.1) is 6.10 Å². The summed E-state index contributed by atoms with van der Waals surface area (Å²) >= 11 is 0. The first-order valence-corrected chi connectivity index (χ1v) is 12.9. The van der Waals surface area contributed by atoms with Crippen molar-refractivity contribution in [2.24, 2.45) is 0 Å². The molecule has 1 aliphatic rings. The predicted octanol–water partition coefficient (Wildman–Crippen LogP) is 5.06. The van der Waals surface area contributed by atoms with Crippen LogP contribution in [-0.2, 0) is 12.8 Å². The number of anilines is 1. The lowest BCUT2D eigenvalue weighted by Gasteiger charge is -2.31. The number of carbonyl (C=O) groups is 3. The van der Waals surface area contributed by atoms with Crippen molar-refractivity contribution >= 4 is 23.0 Å². The van der Waals surface area contributed by atoms with Crippen molar-refractivity contribution in [2.45, 2.75) is 31.8 Å². The average molecular weight is 507 g/mol. The Labute approximate surface area is 221 Å². The molecule has 3 aromatic carbocycles. The topological polar surface area (TPSA) is 90.5 Å². The van der Waals surface area contributed by atoms with Crippen molar-refractivity contribution in [3.63, 3.8) is 0 Å². The number of ketones is 3. The molecule has 0 aliphatic carbocycles. The lowest BCUT2D eigenvalue weighted by Crippen LogP contribution is -2.35. The lowest BCUT2D eigenvalue weighted by molar-refractivity contribution is 0.0985. The lowest BCUT2D eigenvalue weighted by atomic mass is 9.97. The van der Waals surface area contributed by atoms with E-state index in [-0.39, 0.29) is 36.3 Å². The molecule has 5 rings (SSSR count). The van der Waals surface area contributed by atoms with Crippen molar-refractivity contribution in [2.75, 3.05) is 18.0 Å². The predicted molar refractivity (Wildman–Crippen MR) is 147 cm³/mol. The van der Waals surface area contributed by atoms with Gasteiger partial charge in [0.1, 0.15) is 0 Å². The van der Waals surface area contributed by atoms with Crippen LogP contribution in [0, 0.1) is 0 Å². The van der Waals surface area contributed by atoms with Crippen molar-refractivity contribution in [1.29, 1.82) is 0 Å². The maximum Gasteiger partial charge on any atom is 0.193 e. The number of carbonyl (C=O) groups excluding carboxylic acids is 3. The number of Topliss-reactive ketones (excluding diaryl/α,β-unsaturated/α-hetero) is 2. The smallest absolute Gasteiger partial charge is 0.193 e. The van der Waals surface area contributed by atoms with Gasteiger partial charge in [-0.25, -0.2) is 0 Å². The molecule has 1 aliphatic heterocycles. The largest absolute Gasteiger partial charge is 0.393 e. The standard InChI is InChI=1S/C32H30N2O4/c35-29-14-17-34(18-15-29)28-11-9-24(10-12-28)30(36)19-22-1-5-25(6-2-22)32(38)26-7-3-23(4-8-26)20-31(37)27-13-16-33-21-27/h1-13,16,21,29,33,35H,14-15,17-20H2. The molecule has 0 unspecified atom stereocenters. The first-order valence-electron chi connectivity index (χ1n) is 12.9. The van der Waals surface area contributed by atoms with Gasteiger partial charge in [0.25, 0.3) is 0 Å². The van der Waals surface area contributed by atoms with Gasteiger partial charge in [-0.3, -0.25) is 14.4 Å². The Hall–Kier alpha value is -4.29. The minimum atomic E-state index is -0.216. The Morgan fingerprint density at radius 3 is 1.68 bits per heavy atom. The second-order valence-corrected chi connectivity index (χ2v) is 9.79.